The van der Waals surface area contributed by atoms with Crippen molar-refractivity contribution in [1.29, 1.82) is 0 Å². The van der Waals surface area contributed by atoms with Crippen molar-refractivity contribution in [1.82, 2.24) is 4.90 Å². The molecule has 2 saturated heterocycles. The Kier molecular flexibility index (Phi) is 7.11. The molecule has 0 N–H and O–H groups in total. The fourth-order valence-electron chi connectivity index (χ4n) is 3.87. The van der Waals surface area contributed by atoms with Crippen LogP contribution in [0.4, 0.5) is 4.79 Å². The van der Waals surface area contributed by atoms with E-state index < -0.39 is 23.9 Å². The highest BCUT2D eigenvalue weighted by molar-refractivity contribution is 6.62. The molecule has 2 aliphatic rings. The molecule has 8 heteroatoms. The number of ether oxygens (including phenoxy) is 3. The lowest BCUT2D eigenvalue weighted by Gasteiger charge is -2.32. The molecule has 0 atom stereocenters. The van der Waals surface area contributed by atoms with Gasteiger partial charge < -0.3 is 28.4 Å². The maximum Gasteiger partial charge on any atom is 0.495 e. The average Bonchev–Trinajstić information content (AvgIpc) is 2.94. The zero-order chi connectivity index (χ0) is 24.6. The molecule has 2 fully saturated rings. The minimum atomic E-state index is -0.503. The van der Waals surface area contributed by atoms with E-state index in [-0.39, 0.29) is 6.09 Å². The van der Waals surface area contributed by atoms with E-state index in [0.717, 1.165) is 23.9 Å². The van der Waals surface area contributed by atoms with Crippen LogP contribution in [0.2, 0.25) is 0 Å². The van der Waals surface area contributed by atoms with Crippen molar-refractivity contribution in [3.8, 4) is 11.5 Å². The van der Waals surface area contributed by atoms with Crippen molar-refractivity contribution >= 4 is 24.8 Å². The van der Waals surface area contributed by atoms with Gasteiger partial charge in [0.15, 0.2) is 0 Å². The Bertz CT molecular complexity index is 867. The summed E-state index contributed by atoms with van der Waals surface area (Å²) in [5.74, 6) is 1.39. The van der Waals surface area contributed by atoms with Gasteiger partial charge in [-0.3, -0.25) is 0 Å². The highest BCUT2D eigenvalue weighted by Gasteiger charge is 2.52. The number of piperidine rings is 1. The van der Waals surface area contributed by atoms with E-state index in [1.165, 1.54) is 5.57 Å². The second-order valence-corrected chi connectivity index (χ2v) is 10.7. The fourth-order valence-corrected chi connectivity index (χ4v) is 3.87. The number of amides is 1. The summed E-state index contributed by atoms with van der Waals surface area (Å²) in [7, 11) is 2.79. The quantitative estimate of drug-likeness (QED) is 0.622. The Hall–Kier alpha value is -2.19. The smallest absolute Gasteiger partial charge is 0.495 e. The molecule has 0 aliphatic carbocycles. The Morgan fingerprint density at radius 2 is 1.48 bits per heavy atom. The first-order valence-electron chi connectivity index (χ1n) is 11.6. The summed E-state index contributed by atoms with van der Waals surface area (Å²) in [5.41, 5.74) is 1.61. The SMILES string of the molecule is COc1cc(B2OC(C)(C)C(C)(C)O2)cc(OC)c1C=C1CCN(C(=O)OC(C)(C)C)CC1. The topological polar surface area (TPSA) is 66.5 Å². The monoisotopic (exact) mass is 459 g/mol. The summed E-state index contributed by atoms with van der Waals surface area (Å²) in [6.07, 6.45) is 3.39. The van der Waals surface area contributed by atoms with Crippen LogP contribution < -0.4 is 14.9 Å². The molecular weight excluding hydrogens is 421 g/mol. The molecule has 0 radical (unpaired) electrons. The number of benzene rings is 1. The Morgan fingerprint density at radius 1 is 1.00 bits per heavy atom. The van der Waals surface area contributed by atoms with E-state index in [1.54, 1.807) is 19.1 Å². The number of carbonyl (C=O) groups is 1. The molecule has 2 aliphatic heterocycles. The van der Waals surface area contributed by atoms with E-state index in [1.807, 2.05) is 60.6 Å². The van der Waals surface area contributed by atoms with E-state index in [0.29, 0.717) is 24.6 Å². The zero-order valence-corrected chi connectivity index (χ0v) is 21.5. The molecule has 0 unspecified atom stereocenters. The molecule has 0 bridgehead atoms. The number of methoxy groups -OCH3 is 2. The highest BCUT2D eigenvalue weighted by Crippen LogP contribution is 2.38. The molecule has 2 heterocycles. The highest BCUT2D eigenvalue weighted by atomic mass is 16.7. The van der Waals surface area contributed by atoms with Crippen molar-refractivity contribution < 1.29 is 28.3 Å². The standard InChI is InChI=1S/C25H38BNO6/c1-23(2,3)31-22(28)27-12-10-17(11-13-27)14-19-20(29-8)15-18(16-21(19)30-9)26-32-24(4,5)25(6,7)33-26/h14-16H,10-13H2,1-9H3. The third-order valence-corrected chi connectivity index (χ3v) is 6.50. The van der Waals surface area contributed by atoms with Gasteiger partial charge in [0, 0.05) is 13.1 Å². The summed E-state index contributed by atoms with van der Waals surface area (Å²) < 4.78 is 29.4. The van der Waals surface area contributed by atoms with Gasteiger partial charge in [0.05, 0.1) is 31.0 Å². The molecule has 0 spiro atoms. The van der Waals surface area contributed by atoms with Crippen LogP contribution >= 0.6 is 0 Å². The molecule has 3 rings (SSSR count). The largest absolute Gasteiger partial charge is 0.496 e. The van der Waals surface area contributed by atoms with Gasteiger partial charge >= 0.3 is 13.2 Å². The van der Waals surface area contributed by atoms with E-state index in [9.17, 15) is 4.79 Å². The van der Waals surface area contributed by atoms with E-state index in [2.05, 4.69) is 6.08 Å². The Balaban J connectivity index is 1.80. The van der Waals surface area contributed by atoms with Crippen molar-refractivity contribution in [3.63, 3.8) is 0 Å². The number of hydrogen-bond donors (Lipinski definition) is 0. The molecule has 1 amide bonds. The second kappa shape index (κ2) is 9.22. The zero-order valence-electron chi connectivity index (χ0n) is 21.5. The number of nitrogens with zero attached hydrogens (tertiary/aromatic N) is 1. The third-order valence-electron chi connectivity index (χ3n) is 6.50. The van der Waals surface area contributed by atoms with Crippen molar-refractivity contribution in [3.05, 3.63) is 23.3 Å². The van der Waals surface area contributed by atoms with Crippen LogP contribution in [0.3, 0.4) is 0 Å². The molecule has 0 saturated carbocycles. The first kappa shape index (κ1) is 25.4. The average molecular weight is 459 g/mol. The van der Waals surface area contributed by atoms with Crippen LogP contribution in [0, 0.1) is 0 Å². The van der Waals surface area contributed by atoms with E-state index in [4.69, 9.17) is 23.5 Å². The Labute approximate surface area is 198 Å². The molecule has 182 valence electrons. The molecule has 1 aromatic carbocycles. The summed E-state index contributed by atoms with van der Waals surface area (Å²) in [6, 6.07) is 3.90. The van der Waals surface area contributed by atoms with Crippen LogP contribution in [-0.4, -0.2) is 62.2 Å². The van der Waals surface area contributed by atoms with Crippen LogP contribution in [0.1, 0.15) is 66.9 Å². The fraction of sp³-hybridized carbons (Fsp3) is 0.640. The predicted octanol–water partition coefficient (Wildman–Crippen LogP) is 4.42. The van der Waals surface area contributed by atoms with Gasteiger partial charge in [0.1, 0.15) is 17.1 Å². The van der Waals surface area contributed by atoms with Gasteiger partial charge in [0.25, 0.3) is 0 Å². The summed E-state index contributed by atoms with van der Waals surface area (Å²) in [4.78, 5) is 14.1. The summed E-state index contributed by atoms with van der Waals surface area (Å²) >= 11 is 0. The van der Waals surface area contributed by atoms with Gasteiger partial charge in [-0.25, -0.2) is 4.79 Å². The number of hydrogen-bond acceptors (Lipinski definition) is 6. The third kappa shape index (κ3) is 5.66. The van der Waals surface area contributed by atoms with Crippen LogP contribution in [-0.2, 0) is 14.0 Å². The number of likely N-dealkylation sites (tertiary alicyclic amines) is 1. The van der Waals surface area contributed by atoms with Gasteiger partial charge in [-0.05, 0) is 85.0 Å². The maximum atomic E-state index is 12.4. The minimum absolute atomic E-state index is 0.261. The van der Waals surface area contributed by atoms with Gasteiger partial charge in [-0.2, -0.15) is 0 Å². The lowest BCUT2D eigenvalue weighted by molar-refractivity contribution is 0.00578. The molecule has 1 aromatic rings. The molecule has 7 nitrogen and oxygen atoms in total. The van der Waals surface area contributed by atoms with Crippen LogP contribution in [0.15, 0.2) is 17.7 Å². The lowest BCUT2D eigenvalue weighted by atomic mass is 9.78. The van der Waals surface area contributed by atoms with Gasteiger partial charge in [-0.1, -0.05) is 5.57 Å². The first-order chi connectivity index (χ1) is 15.3. The van der Waals surface area contributed by atoms with Crippen molar-refractivity contribution in [2.75, 3.05) is 27.3 Å². The van der Waals surface area contributed by atoms with Gasteiger partial charge in [-0.15, -0.1) is 0 Å². The van der Waals surface area contributed by atoms with Gasteiger partial charge in [0.2, 0.25) is 0 Å². The summed E-state index contributed by atoms with van der Waals surface area (Å²) in [6.45, 7) is 15.0. The number of carbonyl (C=O) groups excluding carboxylic acids is 1. The van der Waals surface area contributed by atoms with Crippen LogP contribution in [0.5, 0.6) is 11.5 Å². The normalized spacial score (nSPS) is 20.0. The summed E-state index contributed by atoms with van der Waals surface area (Å²) in [5, 5.41) is 0. The van der Waals surface area contributed by atoms with Crippen molar-refractivity contribution in [2.24, 2.45) is 0 Å². The predicted molar refractivity (Wildman–Crippen MR) is 130 cm³/mol. The van der Waals surface area contributed by atoms with Crippen molar-refractivity contribution in [2.45, 2.75) is 78.1 Å². The Morgan fingerprint density at radius 3 is 1.91 bits per heavy atom. The molecular formula is C25H38BNO6. The number of rotatable bonds is 4. The van der Waals surface area contributed by atoms with Crippen LogP contribution in [0.25, 0.3) is 6.08 Å². The lowest BCUT2D eigenvalue weighted by Crippen LogP contribution is -2.41. The first-order valence-corrected chi connectivity index (χ1v) is 11.6. The minimum Gasteiger partial charge on any atom is -0.496 e. The second-order valence-electron chi connectivity index (χ2n) is 10.7. The maximum absolute atomic E-state index is 12.4. The van der Waals surface area contributed by atoms with E-state index >= 15 is 0 Å². The molecule has 33 heavy (non-hydrogen) atoms. The molecule has 0 aromatic heterocycles.